The molecule has 31 heavy (non-hydrogen) atoms. The number of nitrogens with zero attached hydrogens (tertiary/aromatic N) is 4. The van der Waals surface area contributed by atoms with Gasteiger partial charge in [0.15, 0.2) is 0 Å². The highest BCUT2D eigenvalue weighted by Crippen LogP contribution is 2.40. The number of aromatic nitrogens is 2. The maximum atomic E-state index is 12.9. The third-order valence-corrected chi connectivity index (χ3v) is 8.48. The second kappa shape index (κ2) is 8.35. The van der Waals surface area contributed by atoms with Crippen LogP contribution in [0.3, 0.4) is 0 Å². The number of carbonyl (C=O) groups is 1. The summed E-state index contributed by atoms with van der Waals surface area (Å²) in [6.07, 6.45) is 6.72. The highest BCUT2D eigenvalue weighted by Gasteiger charge is 2.33. The molecule has 0 atom stereocenters. The predicted molar refractivity (Wildman–Crippen MR) is 113 cm³/mol. The van der Waals surface area contributed by atoms with Crippen LogP contribution in [-0.4, -0.2) is 59.9 Å². The molecule has 1 saturated carbocycles. The Hall–Kier alpha value is -2.26. The fourth-order valence-corrected chi connectivity index (χ4v) is 5.96. The van der Waals surface area contributed by atoms with Crippen molar-refractivity contribution in [1.29, 1.82) is 0 Å². The van der Waals surface area contributed by atoms with Crippen LogP contribution in [0.2, 0.25) is 0 Å². The molecule has 9 heteroatoms. The van der Waals surface area contributed by atoms with E-state index in [4.69, 9.17) is 4.42 Å². The van der Waals surface area contributed by atoms with E-state index in [0.717, 1.165) is 50.8 Å². The number of hydrogen-bond acceptors (Lipinski definition) is 6. The average Bonchev–Trinajstić information content (AvgIpc) is 3.56. The maximum absolute atomic E-state index is 12.9. The molecule has 0 bridgehead atoms. The lowest BCUT2D eigenvalue weighted by molar-refractivity contribution is 0.0706. The minimum absolute atomic E-state index is 0.0652. The summed E-state index contributed by atoms with van der Waals surface area (Å²) in [4.78, 5) is 15.0. The first-order chi connectivity index (χ1) is 15.0. The van der Waals surface area contributed by atoms with E-state index in [-0.39, 0.29) is 16.7 Å². The third-order valence-electron chi connectivity index (χ3n) is 6.57. The Kier molecular flexibility index (Phi) is 5.56. The third kappa shape index (κ3) is 4.25. The average molecular weight is 445 g/mol. The Morgan fingerprint density at radius 1 is 0.839 bits per heavy atom. The van der Waals surface area contributed by atoms with Crippen molar-refractivity contribution in [3.05, 3.63) is 41.6 Å². The van der Waals surface area contributed by atoms with Crippen LogP contribution in [0.1, 0.15) is 78.9 Å². The molecule has 0 radical (unpaired) electrons. The van der Waals surface area contributed by atoms with Crippen molar-refractivity contribution in [2.24, 2.45) is 0 Å². The van der Waals surface area contributed by atoms with Crippen LogP contribution in [0.25, 0.3) is 0 Å². The molecule has 3 fully saturated rings. The summed E-state index contributed by atoms with van der Waals surface area (Å²) in [5.41, 5.74) is 0.518. The smallest absolute Gasteiger partial charge is 0.253 e. The van der Waals surface area contributed by atoms with Crippen LogP contribution < -0.4 is 0 Å². The second-order valence-corrected chi connectivity index (χ2v) is 10.7. The lowest BCUT2D eigenvalue weighted by atomic mass is 9.96. The molecule has 0 N–H and O–H groups in total. The summed E-state index contributed by atoms with van der Waals surface area (Å²) in [6, 6.07) is 6.37. The van der Waals surface area contributed by atoms with Crippen molar-refractivity contribution in [3.63, 3.8) is 0 Å². The van der Waals surface area contributed by atoms with Crippen molar-refractivity contribution in [2.75, 3.05) is 26.2 Å². The van der Waals surface area contributed by atoms with Gasteiger partial charge in [0, 0.05) is 43.6 Å². The van der Waals surface area contributed by atoms with Crippen molar-refractivity contribution in [3.8, 4) is 0 Å². The predicted octanol–water partition coefficient (Wildman–Crippen LogP) is 3.14. The molecule has 2 saturated heterocycles. The summed E-state index contributed by atoms with van der Waals surface area (Å²) >= 11 is 0. The summed E-state index contributed by atoms with van der Waals surface area (Å²) < 4.78 is 33.0. The lowest BCUT2D eigenvalue weighted by Crippen LogP contribution is -2.38. The van der Waals surface area contributed by atoms with Gasteiger partial charge in [-0.15, -0.1) is 10.2 Å². The number of rotatable bonds is 5. The number of carbonyl (C=O) groups excluding carboxylic acids is 1. The monoisotopic (exact) mass is 444 g/mol. The van der Waals surface area contributed by atoms with Gasteiger partial charge in [0.25, 0.3) is 5.91 Å². The summed E-state index contributed by atoms with van der Waals surface area (Å²) in [6.45, 7) is 2.39. The van der Waals surface area contributed by atoms with Crippen molar-refractivity contribution in [1.82, 2.24) is 19.4 Å². The van der Waals surface area contributed by atoms with E-state index in [1.54, 1.807) is 28.6 Å². The first-order valence-corrected chi connectivity index (χ1v) is 12.7. The largest absolute Gasteiger partial charge is 0.425 e. The van der Waals surface area contributed by atoms with Crippen LogP contribution in [0.5, 0.6) is 0 Å². The fraction of sp³-hybridized carbons (Fsp3) is 0.591. The molecule has 8 nitrogen and oxygen atoms in total. The minimum atomic E-state index is -3.48. The van der Waals surface area contributed by atoms with Crippen LogP contribution >= 0.6 is 0 Å². The number of sulfonamides is 1. The van der Waals surface area contributed by atoms with Gasteiger partial charge in [0.2, 0.25) is 21.8 Å². The second-order valence-electron chi connectivity index (χ2n) is 8.81. The maximum Gasteiger partial charge on any atom is 0.253 e. The summed E-state index contributed by atoms with van der Waals surface area (Å²) in [7, 11) is -3.48. The number of hydrogen-bond donors (Lipinski definition) is 0. The van der Waals surface area contributed by atoms with E-state index in [0.29, 0.717) is 43.6 Å². The van der Waals surface area contributed by atoms with Gasteiger partial charge >= 0.3 is 0 Å². The van der Waals surface area contributed by atoms with Crippen LogP contribution in [0.15, 0.2) is 33.6 Å². The standard InChI is InChI=1S/C22H28N4O4S/c27-22(18-6-8-19(9-7-18)31(28,29)26-12-2-1-3-13-26)25-14-10-17(11-15-25)21-24-23-20(30-21)16-4-5-16/h6-9,16-17H,1-5,10-15H2. The van der Waals surface area contributed by atoms with E-state index in [9.17, 15) is 13.2 Å². The van der Waals surface area contributed by atoms with E-state index in [2.05, 4.69) is 10.2 Å². The molecule has 3 heterocycles. The zero-order valence-corrected chi connectivity index (χ0v) is 18.4. The number of piperidine rings is 2. The molecule has 5 rings (SSSR count). The summed E-state index contributed by atoms with van der Waals surface area (Å²) in [5, 5.41) is 8.39. The Bertz CT molecular complexity index is 1030. The van der Waals surface area contributed by atoms with E-state index in [1.165, 1.54) is 0 Å². The molecule has 2 aromatic rings. The summed E-state index contributed by atoms with van der Waals surface area (Å²) in [5.74, 6) is 2.03. The Balaban J connectivity index is 1.20. The van der Waals surface area contributed by atoms with Gasteiger partial charge in [-0.2, -0.15) is 4.31 Å². The Morgan fingerprint density at radius 3 is 2.00 bits per heavy atom. The van der Waals surface area contributed by atoms with Crippen LogP contribution in [0, 0.1) is 0 Å². The molecule has 3 aliphatic rings. The molecule has 1 aliphatic carbocycles. The zero-order chi connectivity index (χ0) is 21.4. The SMILES string of the molecule is O=C(c1ccc(S(=O)(=O)N2CCCCC2)cc1)N1CCC(c2nnc(C3CC3)o2)CC1. The Morgan fingerprint density at radius 2 is 1.42 bits per heavy atom. The van der Waals surface area contributed by atoms with E-state index in [1.807, 2.05) is 4.90 Å². The van der Waals surface area contributed by atoms with Gasteiger partial charge in [0.1, 0.15) is 0 Å². The molecular formula is C22H28N4O4S. The Labute approximate surface area is 182 Å². The highest BCUT2D eigenvalue weighted by atomic mass is 32.2. The molecule has 2 aliphatic heterocycles. The molecule has 0 unspecified atom stereocenters. The highest BCUT2D eigenvalue weighted by molar-refractivity contribution is 7.89. The lowest BCUT2D eigenvalue weighted by Gasteiger charge is -2.30. The van der Waals surface area contributed by atoms with Gasteiger partial charge in [-0.3, -0.25) is 4.79 Å². The van der Waals surface area contributed by atoms with Gasteiger partial charge in [-0.05, 0) is 62.8 Å². The van der Waals surface area contributed by atoms with Crippen molar-refractivity contribution < 1.29 is 17.6 Å². The molecule has 1 aromatic heterocycles. The molecule has 1 aromatic carbocycles. The topological polar surface area (TPSA) is 96.6 Å². The first-order valence-electron chi connectivity index (χ1n) is 11.2. The minimum Gasteiger partial charge on any atom is -0.425 e. The number of likely N-dealkylation sites (tertiary alicyclic amines) is 1. The van der Waals surface area contributed by atoms with E-state index < -0.39 is 10.0 Å². The first kappa shape index (κ1) is 20.6. The van der Waals surface area contributed by atoms with Gasteiger partial charge in [-0.1, -0.05) is 6.42 Å². The number of amides is 1. The number of benzene rings is 1. The fourth-order valence-electron chi connectivity index (χ4n) is 4.44. The molecule has 0 spiro atoms. The quantitative estimate of drug-likeness (QED) is 0.703. The molecule has 166 valence electrons. The normalized spacial score (nSPS) is 21.4. The van der Waals surface area contributed by atoms with E-state index >= 15 is 0 Å². The molecular weight excluding hydrogens is 416 g/mol. The van der Waals surface area contributed by atoms with Gasteiger partial charge in [-0.25, -0.2) is 8.42 Å². The van der Waals surface area contributed by atoms with Crippen molar-refractivity contribution >= 4 is 15.9 Å². The molecule has 1 amide bonds. The van der Waals surface area contributed by atoms with Gasteiger partial charge < -0.3 is 9.32 Å². The zero-order valence-electron chi connectivity index (χ0n) is 17.6. The van der Waals surface area contributed by atoms with Crippen molar-refractivity contribution in [2.45, 2.75) is 61.7 Å². The van der Waals surface area contributed by atoms with Crippen LogP contribution in [-0.2, 0) is 10.0 Å². The van der Waals surface area contributed by atoms with Crippen LogP contribution in [0.4, 0.5) is 0 Å². The van der Waals surface area contributed by atoms with Gasteiger partial charge in [0.05, 0.1) is 4.90 Å².